The molecule has 17 heavy (non-hydrogen) atoms. The van der Waals surface area contributed by atoms with Gasteiger partial charge in [-0.2, -0.15) is 12.6 Å². The number of hydrogen-bond donors (Lipinski definition) is 2. The third-order valence-electron chi connectivity index (χ3n) is 2.85. The van der Waals surface area contributed by atoms with Crippen LogP contribution in [0.4, 0.5) is 0 Å². The molecule has 3 rings (SSSR count). The number of carbonyl (C=O) groups excluding carboxylic acids is 1. The Bertz CT molecular complexity index is 664. The number of thiol groups is 2. The summed E-state index contributed by atoms with van der Waals surface area (Å²) in [7, 11) is 0. The number of aromatic nitrogens is 1. The summed E-state index contributed by atoms with van der Waals surface area (Å²) < 4.78 is 0. The van der Waals surface area contributed by atoms with Crippen LogP contribution in [0.1, 0.15) is 16.5 Å². The number of benzene rings is 1. The molecule has 1 aliphatic rings. The van der Waals surface area contributed by atoms with Crippen molar-refractivity contribution < 1.29 is 4.79 Å². The smallest absolute Gasteiger partial charge is 0.186 e. The van der Waals surface area contributed by atoms with Crippen LogP contribution in [0.25, 0.3) is 17.0 Å². The molecule has 1 aromatic heterocycles. The van der Waals surface area contributed by atoms with Gasteiger partial charge in [-0.1, -0.05) is 18.2 Å². The molecule has 1 unspecified atom stereocenters. The minimum absolute atomic E-state index is 0.0683. The summed E-state index contributed by atoms with van der Waals surface area (Å²) in [5.74, 6) is -0.0683. The van der Waals surface area contributed by atoms with E-state index in [2.05, 4.69) is 30.2 Å². The van der Waals surface area contributed by atoms with Crippen molar-refractivity contribution in [2.24, 2.45) is 0 Å². The van der Waals surface area contributed by atoms with E-state index in [9.17, 15) is 4.79 Å². The van der Waals surface area contributed by atoms with Crippen LogP contribution in [-0.4, -0.2) is 10.8 Å². The molecule has 4 heteroatoms. The number of carbonyl (C=O) groups is 1. The van der Waals surface area contributed by atoms with E-state index in [1.807, 2.05) is 30.3 Å². The molecule has 1 heterocycles. The number of rotatable bonds is 0. The fourth-order valence-corrected chi connectivity index (χ4v) is 2.66. The zero-order valence-electron chi connectivity index (χ0n) is 8.79. The summed E-state index contributed by atoms with van der Waals surface area (Å²) in [6.07, 6.45) is 1.71. The number of para-hydroxylation sites is 1. The Morgan fingerprint density at radius 1 is 1.24 bits per heavy atom. The number of pyridine rings is 1. The number of nitrogens with zero attached hydrogens (tertiary/aromatic N) is 1. The molecule has 1 atom stereocenters. The van der Waals surface area contributed by atoms with Crippen LogP contribution in [0.5, 0.6) is 0 Å². The molecule has 0 radical (unpaired) electrons. The Labute approximate surface area is 110 Å². The molecular weight excluding hydrogens is 250 g/mol. The quantitative estimate of drug-likeness (QED) is 0.712. The fourth-order valence-electron chi connectivity index (χ4n) is 1.96. The van der Waals surface area contributed by atoms with E-state index in [1.165, 1.54) is 0 Å². The Morgan fingerprint density at radius 2 is 2.00 bits per heavy atom. The van der Waals surface area contributed by atoms with Gasteiger partial charge in [-0.25, -0.2) is 4.98 Å². The largest absolute Gasteiger partial charge is 0.292 e. The number of ketones is 1. The first kappa shape index (κ1) is 10.9. The van der Waals surface area contributed by atoms with Crippen molar-refractivity contribution in [3.63, 3.8) is 0 Å². The summed E-state index contributed by atoms with van der Waals surface area (Å²) in [4.78, 5) is 16.7. The van der Waals surface area contributed by atoms with Crippen LogP contribution in [0, 0.1) is 0 Å². The maximum absolute atomic E-state index is 11.8. The second-order valence-electron chi connectivity index (χ2n) is 3.95. The van der Waals surface area contributed by atoms with Crippen LogP contribution in [0.15, 0.2) is 35.2 Å². The van der Waals surface area contributed by atoms with Gasteiger partial charge in [0.05, 0.1) is 21.4 Å². The van der Waals surface area contributed by atoms with Crippen molar-refractivity contribution in [2.45, 2.75) is 5.25 Å². The van der Waals surface area contributed by atoms with Crippen LogP contribution < -0.4 is 0 Å². The monoisotopic (exact) mass is 259 g/mol. The van der Waals surface area contributed by atoms with Crippen molar-refractivity contribution in [1.82, 2.24) is 4.98 Å². The molecule has 0 N–H and O–H groups in total. The van der Waals surface area contributed by atoms with Crippen molar-refractivity contribution in [3.05, 3.63) is 46.5 Å². The first-order valence-corrected chi connectivity index (χ1v) is 6.16. The molecule has 84 valence electrons. The second kappa shape index (κ2) is 3.89. The van der Waals surface area contributed by atoms with E-state index in [0.717, 1.165) is 22.2 Å². The number of allylic oxidation sites excluding steroid dienone is 1. The van der Waals surface area contributed by atoms with E-state index >= 15 is 0 Å². The molecule has 0 saturated heterocycles. The lowest BCUT2D eigenvalue weighted by Crippen LogP contribution is -2.14. The highest BCUT2D eigenvalue weighted by Gasteiger charge is 2.26. The minimum Gasteiger partial charge on any atom is -0.292 e. The van der Waals surface area contributed by atoms with Gasteiger partial charge in [0, 0.05) is 5.39 Å². The van der Waals surface area contributed by atoms with Gasteiger partial charge in [0.15, 0.2) is 5.78 Å². The van der Waals surface area contributed by atoms with Gasteiger partial charge in [0.1, 0.15) is 0 Å². The summed E-state index contributed by atoms with van der Waals surface area (Å²) in [6, 6.07) is 9.80. The SMILES string of the molecule is O=C1C(S)=Cc2nc3ccccc3cc2C1S. The van der Waals surface area contributed by atoms with Crippen LogP contribution in [0.3, 0.4) is 0 Å². The zero-order valence-corrected chi connectivity index (χ0v) is 10.6. The third kappa shape index (κ3) is 1.68. The predicted molar refractivity (Wildman–Crippen MR) is 75.4 cm³/mol. The topological polar surface area (TPSA) is 30.0 Å². The van der Waals surface area contributed by atoms with Crippen molar-refractivity contribution in [1.29, 1.82) is 0 Å². The Balaban J connectivity index is 2.33. The molecule has 0 amide bonds. The van der Waals surface area contributed by atoms with Gasteiger partial charge in [-0.3, -0.25) is 4.79 Å². The highest BCUT2D eigenvalue weighted by molar-refractivity contribution is 7.86. The first-order chi connectivity index (χ1) is 8.16. The molecule has 2 nitrogen and oxygen atoms in total. The van der Waals surface area contributed by atoms with Gasteiger partial charge in [0.2, 0.25) is 0 Å². The summed E-state index contributed by atoms with van der Waals surface area (Å²) >= 11 is 8.50. The van der Waals surface area contributed by atoms with Gasteiger partial charge in [-0.05, 0) is 23.8 Å². The van der Waals surface area contributed by atoms with Crippen LogP contribution >= 0.6 is 25.3 Å². The molecule has 2 aromatic rings. The Kier molecular flexibility index (Phi) is 2.49. The van der Waals surface area contributed by atoms with E-state index in [4.69, 9.17) is 0 Å². The maximum atomic E-state index is 11.8. The first-order valence-electron chi connectivity index (χ1n) is 5.19. The number of hydrogen-bond acceptors (Lipinski definition) is 4. The average molecular weight is 259 g/mol. The van der Waals surface area contributed by atoms with Gasteiger partial charge >= 0.3 is 0 Å². The standard InChI is InChI=1S/C13H9NOS2/c15-12-11(16)6-10-8(13(12)17)5-7-3-1-2-4-9(7)14-10/h1-6,13,16-17H. The zero-order chi connectivity index (χ0) is 12.0. The highest BCUT2D eigenvalue weighted by atomic mass is 32.1. The summed E-state index contributed by atoms with van der Waals surface area (Å²) in [5.41, 5.74) is 2.56. The Morgan fingerprint density at radius 3 is 2.82 bits per heavy atom. The summed E-state index contributed by atoms with van der Waals surface area (Å²) in [5, 5.41) is 0.564. The van der Waals surface area contributed by atoms with E-state index in [1.54, 1.807) is 6.08 Å². The molecule has 0 bridgehead atoms. The molecular formula is C13H9NOS2. The molecule has 0 spiro atoms. The van der Waals surface area contributed by atoms with Crippen molar-refractivity contribution in [3.8, 4) is 0 Å². The van der Waals surface area contributed by atoms with Crippen molar-refractivity contribution >= 4 is 48.0 Å². The maximum Gasteiger partial charge on any atom is 0.186 e. The van der Waals surface area contributed by atoms with E-state index < -0.39 is 5.25 Å². The summed E-state index contributed by atoms with van der Waals surface area (Å²) in [6.45, 7) is 0. The molecule has 0 aliphatic heterocycles. The third-order valence-corrected chi connectivity index (χ3v) is 3.72. The van der Waals surface area contributed by atoms with Crippen LogP contribution in [0.2, 0.25) is 0 Å². The van der Waals surface area contributed by atoms with Gasteiger partial charge in [-0.15, -0.1) is 12.6 Å². The highest BCUT2D eigenvalue weighted by Crippen LogP contribution is 2.35. The molecule has 0 saturated carbocycles. The average Bonchev–Trinajstić information content (AvgIpc) is 2.34. The second-order valence-corrected chi connectivity index (χ2v) is 4.95. The van der Waals surface area contributed by atoms with Gasteiger partial charge < -0.3 is 0 Å². The predicted octanol–water partition coefficient (Wildman–Crippen LogP) is 3.06. The number of fused-ring (bicyclic) bond motifs is 2. The molecule has 1 aliphatic carbocycles. The molecule has 1 aromatic carbocycles. The normalized spacial score (nSPS) is 19.1. The number of Topliss-reactive ketones (excluding diaryl/α,β-unsaturated/α-hetero) is 1. The van der Waals surface area contributed by atoms with Crippen LogP contribution in [-0.2, 0) is 4.79 Å². The van der Waals surface area contributed by atoms with Crippen molar-refractivity contribution in [2.75, 3.05) is 0 Å². The Hall–Kier alpha value is -1.26. The van der Waals surface area contributed by atoms with Gasteiger partial charge in [0.25, 0.3) is 0 Å². The lowest BCUT2D eigenvalue weighted by atomic mass is 9.98. The van der Waals surface area contributed by atoms with E-state index in [-0.39, 0.29) is 5.78 Å². The minimum atomic E-state index is -0.459. The lowest BCUT2D eigenvalue weighted by molar-refractivity contribution is -0.114. The van der Waals surface area contributed by atoms with E-state index in [0.29, 0.717) is 4.91 Å². The molecule has 0 fully saturated rings. The lowest BCUT2D eigenvalue weighted by Gasteiger charge is -2.18. The fraction of sp³-hybridized carbons (Fsp3) is 0.0769.